The van der Waals surface area contributed by atoms with Crippen LogP contribution in [0.5, 0.6) is 5.75 Å². The number of ether oxygens (including phenoxy) is 1. The number of aryl methyl sites for hydroxylation is 1. The quantitative estimate of drug-likeness (QED) is 0.824. The number of carbonyl (C=O) groups excluding carboxylic acids is 1. The van der Waals surface area contributed by atoms with Gasteiger partial charge in [0.25, 0.3) is 0 Å². The van der Waals surface area contributed by atoms with Gasteiger partial charge in [-0.2, -0.15) is 0 Å². The second-order valence-electron chi connectivity index (χ2n) is 4.72. The number of carbonyl (C=O) groups is 1. The molecule has 0 saturated carbocycles. The van der Waals surface area contributed by atoms with E-state index in [1.54, 1.807) is 7.11 Å². The molecule has 0 spiro atoms. The molecule has 3 rings (SSSR count). The number of ketones is 1. The topological polar surface area (TPSA) is 39.2 Å². The molecule has 0 radical (unpaired) electrons. The Hall–Kier alpha value is -2.16. The molecule has 0 saturated heterocycles. The summed E-state index contributed by atoms with van der Waals surface area (Å²) in [7, 11) is 1.65. The Bertz CT molecular complexity index is 617. The minimum absolute atomic E-state index is 0.212. The highest BCUT2D eigenvalue weighted by Crippen LogP contribution is 2.26. The molecule has 1 aromatic heterocycles. The molecule has 1 aromatic carbocycles. The number of pyridine rings is 1. The average molecular weight is 253 g/mol. The van der Waals surface area contributed by atoms with Crippen LogP contribution in [0.4, 0.5) is 0 Å². The van der Waals surface area contributed by atoms with Gasteiger partial charge in [0.1, 0.15) is 5.75 Å². The van der Waals surface area contributed by atoms with Crippen LogP contribution >= 0.6 is 0 Å². The van der Waals surface area contributed by atoms with E-state index in [2.05, 4.69) is 4.98 Å². The number of aromatic nitrogens is 1. The minimum atomic E-state index is 0.212. The molecule has 0 unspecified atom stereocenters. The van der Waals surface area contributed by atoms with E-state index in [0.29, 0.717) is 6.42 Å². The summed E-state index contributed by atoms with van der Waals surface area (Å²) in [5.41, 5.74) is 3.76. The van der Waals surface area contributed by atoms with E-state index in [1.165, 1.54) is 0 Å². The molecule has 1 aliphatic rings. The summed E-state index contributed by atoms with van der Waals surface area (Å²) >= 11 is 0. The second-order valence-corrected chi connectivity index (χ2v) is 4.72. The SMILES string of the molecule is COc1ccc(-c2cnc3c(c2)C(=O)CCC3)cc1. The van der Waals surface area contributed by atoms with Gasteiger partial charge in [-0.15, -0.1) is 0 Å². The fourth-order valence-corrected chi connectivity index (χ4v) is 2.43. The van der Waals surface area contributed by atoms with Crippen LogP contribution in [0.3, 0.4) is 0 Å². The number of fused-ring (bicyclic) bond motifs is 1. The lowest BCUT2D eigenvalue weighted by atomic mass is 9.92. The first-order chi connectivity index (χ1) is 9.28. The number of Topliss-reactive ketones (excluding diaryl/α,β-unsaturated/α-hetero) is 1. The molecule has 2 aromatic rings. The zero-order valence-electron chi connectivity index (χ0n) is 10.8. The first kappa shape index (κ1) is 11.9. The maximum Gasteiger partial charge on any atom is 0.164 e. The van der Waals surface area contributed by atoms with Crippen LogP contribution in [-0.4, -0.2) is 17.9 Å². The van der Waals surface area contributed by atoms with Crippen molar-refractivity contribution >= 4 is 5.78 Å². The first-order valence-corrected chi connectivity index (χ1v) is 6.44. The Morgan fingerprint density at radius 3 is 2.63 bits per heavy atom. The molecular weight excluding hydrogens is 238 g/mol. The molecule has 3 heteroatoms. The van der Waals surface area contributed by atoms with Crippen molar-refractivity contribution in [2.45, 2.75) is 19.3 Å². The van der Waals surface area contributed by atoms with Crippen molar-refractivity contribution in [1.82, 2.24) is 4.98 Å². The van der Waals surface area contributed by atoms with Gasteiger partial charge >= 0.3 is 0 Å². The monoisotopic (exact) mass is 253 g/mol. The predicted molar refractivity (Wildman–Crippen MR) is 73.5 cm³/mol. The van der Waals surface area contributed by atoms with Gasteiger partial charge in [0.2, 0.25) is 0 Å². The van der Waals surface area contributed by atoms with E-state index in [0.717, 1.165) is 41.0 Å². The van der Waals surface area contributed by atoms with Gasteiger partial charge < -0.3 is 4.74 Å². The average Bonchev–Trinajstić information content (AvgIpc) is 2.47. The van der Waals surface area contributed by atoms with E-state index >= 15 is 0 Å². The van der Waals surface area contributed by atoms with Crippen molar-refractivity contribution in [3.63, 3.8) is 0 Å². The van der Waals surface area contributed by atoms with Crippen molar-refractivity contribution in [2.75, 3.05) is 7.11 Å². The molecular formula is C16H15NO2. The highest BCUT2D eigenvalue weighted by Gasteiger charge is 2.18. The van der Waals surface area contributed by atoms with Crippen LogP contribution < -0.4 is 4.74 Å². The Morgan fingerprint density at radius 2 is 1.89 bits per heavy atom. The normalized spacial score (nSPS) is 14.1. The molecule has 0 atom stereocenters. The first-order valence-electron chi connectivity index (χ1n) is 6.44. The lowest BCUT2D eigenvalue weighted by Crippen LogP contribution is -2.12. The lowest BCUT2D eigenvalue weighted by Gasteiger charge is -2.14. The number of benzene rings is 1. The Labute approximate surface area is 112 Å². The predicted octanol–water partition coefficient (Wildman–Crippen LogP) is 3.28. The van der Waals surface area contributed by atoms with Gasteiger partial charge in [-0.25, -0.2) is 0 Å². The fraction of sp³-hybridized carbons (Fsp3) is 0.250. The van der Waals surface area contributed by atoms with E-state index in [4.69, 9.17) is 4.74 Å². The molecule has 1 heterocycles. The highest BCUT2D eigenvalue weighted by atomic mass is 16.5. The minimum Gasteiger partial charge on any atom is -0.497 e. The van der Waals surface area contributed by atoms with Crippen LogP contribution in [-0.2, 0) is 6.42 Å². The van der Waals surface area contributed by atoms with Gasteiger partial charge in [0, 0.05) is 23.7 Å². The van der Waals surface area contributed by atoms with Crippen molar-refractivity contribution in [3.05, 3.63) is 47.8 Å². The maximum absolute atomic E-state index is 11.9. The fourth-order valence-electron chi connectivity index (χ4n) is 2.43. The highest BCUT2D eigenvalue weighted by molar-refractivity contribution is 5.99. The zero-order valence-corrected chi connectivity index (χ0v) is 10.8. The molecule has 96 valence electrons. The third-order valence-electron chi connectivity index (χ3n) is 3.51. The van der Waals surface area contributed by atoms with E-state index in [1.807, 2.05) is 36.5 Å². The summed E-state index contributed by atoms with van der Waals surface area (Å²) in [4.78, 5) is 16.3. The standard InChI is InChI=1S/C16H15NO2/c1-19-13-7-5-11(6-8-13)12-9-14-15(17-10-12)3-2-4-16(14)18/h5-10H,2-4H2,1H3. The van der Waals surface area contributed by atoms with Crippen molar-refractivity contribution in [1.29, 1.82) is 0 Å². The van der Waals surface area contributed by atoms with Gasteiger partial charge in [-0.3, -0.25) is 9.78 Å². The second kappa shape index (κ2) is 4.84. The Balaban J connectivity index is 2.01. The molecule has 19 heavy (non-hydrogen) atoms. The van der Waals surface area contributed by atoms with Crippen LogP contribution in [0.15, 0.2) is 36.5 Å². The summed E-state index contributed by atoms with van der Waals surface area (Å²) < 4.78 is 5.14. The van der Waals surface area contributed by atoms with Crippen LogP contribution in [0.2, 0.25) is 0 Å². The van der Waals surface area contributed by atoms with Crippen LogP contribution in [0, 0.1) is 0 Å². The summed E-state index contributed by atoms with van der Waals surface area (Å²) in [5, 5.41) is 0. The summed E-state index contributed by atoms with van der Waals surface area (Å²) in [5.74, 6) is 1.04. The van der Waals surface area contributed by atoms with Gasteiger partial charge in [0.15, 0.2) is 5.78 Å². The number of hydrogen-bond acceptors (Lipinski definition) is 3. The zero-order chi connectivity index (χ0) is 13.2. The molecule has 0 fully saturated rings. The van der Waals surface area contributed by atoms with E-state index in [-0.39, 0.29) is 5.78 Å². The summed E-state index contributed by atoms with van der Waals surface area (Å²) in [6.45, 7) is 0. The van der Waals surface area contributed by atoms with Crippen LogP contribution in [0.25, 0.3) is 11.1 Å². The summed E-state index contributed by atoms with van der Waals surface area (Å²) in [6.07, 6.45) is 4.31. The van der Waals surface area contributed by atoms with Crippen LogP contribution in [0.1, 0.15) is 28.9 Å². The molecule has 1 aliphatic carbocycles. The summed E-state index contributed by atoms with van der Waals surface area (Å²) in [6, 6.07) is 9.75. The van der Waals surface area contributed by atoms with Crippen molar-refractivity contribution in [2.24, 2.45) is 0 Å². The third kappa shape index (κ3) is 2.24. The Kier molecular flexibility index (Phi) is 3.03. The number of rotatable bonds is 2. The van der Waals surface area contributed by atoms with Crippen molar-refractivity contribution in [3.8, 4) is 16.9 Å². The Morgan fingerprint density at radius 1 is 1.11 bits per heavy atom. The smallest absolute Gasteiger partial charge is 0.164 e. The lowest BCUT2D eigenvalue weighted by molar-refractivity contribution is 0.0971. The van der Waals surface area contributed by atoms with E-state index in [9.17, 15) is 4.79 Å². The maximum atomic E-state index is 11.9. The van der Waals surface area contributed by atoms with Gasteiger partial charge in [-0.1, -0.05) is 12.1 Å². The third-order valence-corrected chi connectivity index (χ3v) is 3.51. The van der Waals surface area contributed by atoms with Crippen molar-refractivity contribution < 1.29 is 9.53 Å². The largest absolute Gasteiger partial charge is 0.497 e. The molecule has 0 bridgehead atoms. The van der Waals surface area contributed by atoms with Gasteiger partial charge in [0.05, 0.1) is 12.8 Å². The molecule has 0 N–H and O–H groups in total. The molecule has 3 nitrogen and oxygen atoms in total. The molecule has 0 aliphatic heterocycles. The van der Waals surface area contributed by atoms with Gasteiger partial charge in [-0.05, 0) is 36.6 Å². The number of hydrogen-bond donors (Lipinski definition) is 0. The van der Waals surface area contributed by atoms with E-state index < -0.39 is 0 Å². The number of methoxy groups -OCH3 is 1. The molecule has 0 amide bonds. The number of nitrogens with zero attached hydrogens (tertiary/aromatic N) is 1.